The third-order valence-corrected chi connectivity index (χ3v) is 2.82. The maximum atomic E-state index is 9.19. The third-order valence-electron chi connectivity index (χ3n) is 2.82. The molecule has 3 nitrogen and oxygen atoms in total. The molecule has 0 saturated carbocycles. The topological polar surface area (TPSA) is 45.0 Å². The molecule has 0 aromatic heterocycles. The molecule has 0 saturated heterocycles. The lowest BCUT2D eigenvalue weighted by molar-refractivity contribution is 0.102. The van der Waals surface area contributed by atoms with E-state index in [0.29, 0.717) is 11.5 Å². The predicted molar refractivity (Wildman–Crippen MR) is 76.4 cm³/mol. The second kappa shape index (κ2) is 7.76. The van der Waals surface area contributed by atoms with Crippen molar-refractivity contribution in [3.05, 3.63) is 0 Å². The van der Waals surface area contributed by atoms with Crippen LogP contribution in [0.2, 0.25) is 0 Å². The van der Waals surface area contributed by atoms with Gasteiger partial charge in [0.2, 0.25) is 0 Å². The average Bonchev–Trinajstić information content (AvgIpc) is 2.20. The molecule has 0 heterocycles. The Bertz CT molecular complexity index is 263. The van der Waals surface area contributed by atoms with E-state index in [4.69, 9.17) is 4.74 Å². The van der Waals surface area contributed by atoms with Crippen LogP contribution < -0.4 is 5.32 Å². The van der Waals surface area contributed by atoms with E-state index in [-0.39, 0.29) is 0 Å². The Kier molecular flexibility index (Phi) is 7.51. The molecular weight excluding hydrogens is 224 g/mol. The molecule has 1 unspecified atom stereocenters. The summed E-state index contributed by atoms with van der Waals surface area (Å²) in [6.45, 7) is 14.3. The Hall–Kier alpha value is -0.590. The number of nitrogens with zero attached hydrogens (tertiary/aromatic N) is 1. The van der Waals surface area contributed by atoms with Crippen LogP contribution in [0.3, 0.4) is 0 Å². The summed E-state index contributed by atoms with van der Waals surface area (Å²) < 4.78 is 5.62. The van der Waals surface area contributed by atoms with Crippen molar-refractivity contribution in [1.29, 1.82) is 5.26 Å². The number of nitriles is 1. The van der Waals surface area contributed by atoms with Crippen molar-refractivity contribution in [2.45, 2.75) is 72.4 Å². The quantitative estimate of drug-likeness (QED) is 0.674. The van der Waals surface area contributed by atoms with E-state index in [2.05, 4.69) is 46.0 Å². The minimum atomic E-state index is -0.429. The van der Waals surface area contributed by atoms with Gasteiger partial charge in [0.1, 0.15) is 5.54 Å². The molecule has 0 bridgehead atoms. The lowest BCUT2D eigenvalue weighted by Gasteiger charge is -2.26. The predicted octanol–water partition coefficient (Wildman–Crippen LogP) is 3.50. The molecule has 0 aromatic rings. The maximum Gasteiger partial charge on any atom is 0.104 e. The molecule has 0 radical (unpaired) electrons. The molecule has 0 spiro atoms. The highest BCUT2D eigenvalue weighted by atomic mass is 16.5. The fourth-order valence-electron chi connectivity index (χ4n) is 1.81. The molecule has 1 N–H and O–H groups in total. The van der Waals surface area contributed by atoms with Gasteiger partial charge in [-0.05, 0) is 45.4 Å². The monoisotopic (exact) mass is 254 g/mol. The first-order valence-corrected chi connectivity index (χ1v) is 6.95. The van der Waals surface area contributed by atoms with Gasteiger partial charge in [0.15, 0.2) is 0 Å². The highest BCUT2D eigenvalue weighted by molar-refractivity contribution is 5.04. The molecule has 0 fully saturated rings. The van der Waals surface area contributed by atoms with Crippen LogP contribution in [0.15, 0.2) is 0 Å². The first-order valence-electron chi connectivity index (χ1n) is 6.95. The van der Waals surface area contributed by atoms with Crippen LogP contribution >= 0.6 is 0 Å². The Labute approximate surface area is 113 Å². The van der Waals surface area contributed by atoms with Gasteiger partial charge >= 0.3 is 0 Å². The molecule has 3 heteroatoms. The summed E-state index contributed by atoms with van der Waals surface area (Å²) in [6.07, 6.45) is 2.83. The van der Waals surface area contributed by atoms with Crippen LogP contribution in [0.4, 0.5) is 0 Å². The number of ether oxygens (including phenoxy) is 1. The van der Waals surface area contributed by atoms with Crippen molar-refractivity contribution in [3.63, 3.8) is 0 Å². The molecule has 0 aromatic carbocycles. The van der Waals surface area contributed by atoms with Crippen LogP contribution in [0.1, 0.15) is 60.8 Å². The van der Waals surface area contributed by atoms with Gasteiger partial charge in [-0.1, -0.05) is 20.8 Å². The zero-order chi connectivity index (χ0) is 14.2. The minimum Gasteiger partial charge on any atom is -0.381 e. The highest BCUT2D eigenvalue weighted by Gasteiger charge is 2.23. The van der Waals surface area contributed by atoms with Crippen molar-refractivity contribution in [2.24, 2.45) is 5.41 Å². The normalized spacial score (nSPS) is 15.4. The van der Waals surface area contributed by atoms with E-state index in [9.17, 15) is 5.26 Å². The van der Waals surface area contributed by atoms with Crippen molar-refractivity contribution in [1.82, 2.24) is 5.32 Å². The Balaban J connectivity index is 3.73. The van der Waals surface area contributed by atoms with Gasteiger partial charge in [-0.15, -0.1) is 0 Å². The number of nitrogens with one attached hydrogen (secondary N) is 1. The Morgan fingerprint density at radius 2 is 1.72 bits per heavy atom. The van der Waals surface area contributed by atoms with E-state index in [1.54, 1.807) is 0 Å². The lowest BCUT2D eigenvalue weighted by Crippen LogP contribution is -2.45. The standard InChI is InChI=1S/C15H30N2O/c1-13(2)17-15(6,12-16)8-7-10-18-11-9-14(3,4)5/h13,17H,7-11H2,1-6H3. The number of hydrogen-bond acceptors (Lipinski definition) is 3. The summed E-state index contributed by atoms with van der Waals surface area (Å²) in [5.74, 6) is 0. The smallest absolute Gasteiger partial charge is 0.104 e. The fourth-order valence-corrected chi connectivity index (χ4v) is 1.81. The largest absolute Gasteiger partial charge is 0.381 e. The van der Waals surface area contributed by atoms with Gasteiger partial charge in [0.05, 0.1) is 6.07 Å². The van der Waals surface area contributed by atoms with E-state index >= 15 is 0 Å². The molecule has 0 aliphatic carbocycles. The summed E-state index contributed by atoms with van der Waals surface area (Å²) in [6, 6.07) is 2.69. The molecule has 18 heavy (non-hydrogen) atoms. The minimum absolute atomic E-state index is 0.330. The van der Waals surface area contributed by atoms with Gasteiger partial charge < -0.3 is 4.74 Å². The number of rotatable bonds is 8. The van der Waals surface area contributed by atoms with Crippen LogP contribution in [0, 0.1) is 16.7 Å². The van der Waals surface area contributed by atoms with E-state index < -0.39 is 5.54 Å². The third kappa shape index (κ3) is 9.44. The van der Waals surface area contributed by atoms with Crippen LogP contribution in [-0.4, -0.2) is 24.8 Å². The SMILES string of the molecule is CC(C)NC(C)(C#N)CCCOCCC(C)(C)C. The summed E-state index contributed by atoms with van der Waals surface area (Å²) in [4.78, 5) is 0. The van der Waals surface area contributed by atoms with E-state index in [1.165, 1.54) is 0 Å². The van der Waals surface area contributed by atoms with Gasteiger partial charge in [0, 0.05) is 19.3 Å². The van der Waals surface area contributed by atoms with E-state index in [0.717, 1.165) is 32.5 Å². The van der Waals surface area contributed by atoms with E-state index in [1.807, 2.05) is 6.92 Å². The first kappa shape index (κ1) is 17.4. The molecule has 1 atom stereocenters. The van der Waals surface area contributed by atoms with Crippen molar-refractivity contribution >= 4 is 0 Å². The van der Waals surface area contributed by atoms with Crippen LogP contribution in [0.25, 0.3) is 0 Å². The lowest BCUT2D eigenvalue weighted by atomic mass is 9.93. The first-order chi connectivity index (χ1) is 8.18. The van der Waals surface area contributed by atoms with Gasteiger partial charge in [-0.25, -0.2) is 0 Å². The molecule has 0 amide bonds. The summed E-state index contributed by atoms with van der Waals surface area (Å²) in [5.41, 5.74) is -0.0953. The van der Waals surface area contributed by atoms with Gasteiger partial charge in [-0.3, -0.25) is 5.32 Å². The van der Waals surface area contributed by atoms with Crippen molar-refractivity contribution in [3.8, 4) is 6.07 Å². The van der Waals surface area contributed by atoms with Crippen LogP contribution in [0.5, 0.6) is 0 Å². The summed E-state index contributed by atoms with van der Waals surface area (Å²) in [5, 5.41) is 12.5. The van der Waals surface area contributed by atoms with Gasteiger partial charge in [-0.2, -0.15) is 5.26 Å². The summed E-state index contributed by atoms with van der Waals surface area (Å²) >= 11 is 0. The van der Waals surface area contributed by atoms with Crippen LogP contribution in [-0.2, 0) is 4.74 Å². The van der Waals surface area contributed by atoms with Crippen molar-refractivity contribution in [2.75, 3.05) is 13.2 Å². The zero-order valence-electron chi connectivity index (χ0n) is 13.0. The Morgan fingerprint density at radius 3 is 2.17 bits per heavy atom. The summed E-state index contributed by atoms with van der Waals surface area (Å²) in [7, 11) is 0. The second-order valence-electron chi connectivity index (χ2n) is 6.77. The average molecular weight is 254 g/mol. The highest BCUT2D eigenvalue weighted by Crippen LogP contribution is 2.18. The molecular formula is C15H30N2O. The number of hydrogen-bond donors (Lipinski definition) is 1. The molecule has 106 valence electrons. The van der Waals surface area contributed by atoms with Crippen molar-refractivity contribution < 1.29 is 4.74 Å². The zero-order valence-corrected chi connectivity index (χ0v) is 13.0. The fraction of sp³-hybridized carbons (Fsp3) is 0.933. The van der Waals surface area contributed by atoms with Gasteiger partial charge in [0.25, 0.3) is 0 Å². The molecule has 0 rings (SSSR count). The second-order valence-corrected chi connectivity index (χ2v) is 6.77. The Morgan fingerprint density at radius 1 is 1.11 bits per heavy atom. The molecule has 0 aliphatic heterocycles. The maximum absolute atomic E-state index is 9.19. The molecule has 0 aliphatic rings.